The topological polar surface area (TPSA) is 52.7 Å². The Morgan fingerprint density at radius 2 is 1.82 bits per heavy atom. The lowest BCUT2D eigenvalue weighted by atomic mass is 9.96. The number of likely N-dealkylation sites (tertiary alicyclic amines) is 1. The van der Waals surface area contributed by atoms with Gasteiger partial charge in [0, 0.05) is 15.7 Å². The summed E-state index contributed by atoms with van der Waals surface area (Å²) < 4.78 is 0.923. The van der Waals surface area contributed by atoms with Gasteiger partial charge < -0.3 is 10.2 Å². The summed E-state index contributed by atoms with van der Waals surface area (Å²) in [6, 6.07) is 15.5. The molecule has 0 spiro atoms. The number of rotatable bonds is 3. The van der Waals surface area contributed by atoms with Gasteiger partial charge in [0.15, 0.2) is 0 Å². The molecule has 6 heteroatoms. The van der Waals surface area contributed by atoms with E-state index < -0.39 is 0 Å². The number of anilines is 1. The Bertz CT molecular complexity index is 865. The fourth-order valence-electron chi connectivity index (χ4n) is 4.10. The monoisotopic (exact) mass is 441 g/mol. The SMILES string of the molecule is O=C1CN(C(=O)CN2CCCCC2)[C@@H](c2ccccc2)c2cc(Br)ccc2N1. The Morgan fingerprint density at radius 3 is 2.57 bits per heavy atom. The average molecular weight is 442 g/mol. The van der Waals surface area contributed by atoms with Crippen molar-refractivity contribution >= 4 is 33.4 Å². The number of carbonyl (C=O) groups is 2. The van der Waals surface area contributed by atoms with E-state index in [1.54, 1.807) is 4.90 Å². The molecule has 28 heavy (non-hydrogen) atoms. The Balaban J connectivity index is 1.73. The van der Waals surface area contributed by atoms with Gasteiger partial charge in [-0.05, 0) is 49.7 Å². The minimum absolute atomic E-state index is 0.00118. The third-order valence-corrected chi connectivity index (χ3v) is 5.94. The van der Waals surface area contributed by atoms with Crippen LogP contribution in [0.5, 0.6) is 0 Å². The highest BCUT2D eigenvalue weighted by Crippen LogP contribution is 2.37. The molecule has 2 amide bonds. The molecule has 4 rings (SSSR count). The molecule has 1 saturated heterocycles. The Labute approximate surface area is 173 Å². The maximum absolute atomic E-state index is 13.3. The first-order chi connectivity index (χ1) is 13.6. The summed E-state index contributed by atoms with van der Waals surface area (Å²) >= 11 is 3.54. The number of benzene rings is 2. The van der Waals surface area contributed by atoms with E-state index >= 15 is 0 Å². The minimum Gasteiger partial charge on any atom is -0.324 e. The Morgan fingerprint density at radius 1 is 1.07 bits per heavy atom. The van der Waals surface area contributed by atoms with E-state index in [1.165, 1.54) is 6.42 Å². The van der Waals surface area contributed by atoms with Crippen LogP contribution in [0, 0.1) is 0 Å². The van der Waals surface area contributed by atoms with Gasteiger partial charge >= 0.3 is 0 Å². The van der Waals surface area contributed by atoms with E-state index in [1.807, 2.05) is 48.5 Å². The first-order valence-electron chi connectivity index (χ1n) is 9.78. The van der Waals surface area contributed by atoms with Gasteiger partial charge in [0.2, 0.25) is 11.8 Å². The molecule has 2 aliphatic rings. The predicted molar refractivity (Wildman–Crippen MR) is 113 cm³/mol. The van der Waals surface area contributed by atoms with Crippen LogP contribution >= 0.6 is 15.9 Å². The highest BCUT2D eigenvalue weighted by atomic mass is 79.9. The van der Waals surface area contributed by atoms with Crippen molar-refractivity contribution in [2.24, 2.45) is 0 Å². The number of hydrogen-bond acceptors (Lipinski definition) is 3. The van der Waals surface area contributed by atoms with Gasteiger partial charge in [-0.25, -0.2) is 0 Å². The lowest BCUT2D eigenvalue weighted by Gasteiger charge is -2.33. The molecular weight excluding hydrogens is 418 g/mol. The van der Waals surface area contributed by atoms with Crippen molar-refractivity contribution in [2.75, 3.05) is 31.5 Å². The van der Waals surface area contributed by atoms with E-state index in [0.29, 0.717) is 6.54 Å². The Hall–Kier alpha value is -2.18. The van der Waals surface area contributed by atoms with E-state index in [9.17, 15) is 9.59 Å². The molecule has 2 aliphatic heterocycles. The predicted octanol–water partition coefficient (Wildman–Crippen LogP) is 3.81. The van der Waals surface area contributed by atoms with Crippen LogP contribution in [0.4, 0.5) is 5.69 Å². The maximum atomic E-state index is 13.3. The van der Waals surface area contributed by atoms with Gasteiger partial charge in [0.05, 0.1) is 12.6 Å². The molecule has 0 bridgehead atoms. The molecule has 146 valence electrons. The largest absolute Gasteiger partial charge is 0.324 e. The molecular formula is C22H24BrN3O2. The summed E-state index contributed by atoms with van der Waals surface area (Å²) in [5.74, 6) is -0.160. The van der Waals surface area contributed by atoms with E-state index in [4.69, 9.17) is 0 Å². The molecule has 1 atom stereocenters. The van der Waals surface area contributed by atoms with Gasteiger partial charge in [-0.15, -0.1) is 0 Å². The second-order valence-corrected chi connectivity index (χ2v) is 8.37. The molecule has 0 aromatic heterocycles. The highest BCUT2D eigenvalue weighted by molar-refractivity contribution is 9.10. The zero-order chi connectivity index (χ0) is 19.5. The lowest BCUT2D eigenvalue weighted by Crippen LogP contribution is -2.45. The lowest BCUT2D eigenvalue weighted by molar-refractivity contribution is -0.137. The fraction of sp³-hybridized carbons (Fsp3) is 0.364. The van der Waals surface area contributed by atoms with Crippen LogP contribution in [0.15, 0.2) is 53.0 Å². The third-order valence-electron chi connectivity index (χ3n) is 5.45. The van der Waals surface area contributed by atoms with E-state index in [2.05, 4.69) is 26.1 Å². The standard InChI is InChI=1S/C22H24BrN3O2/c23-17-9-10-19-18(13-17)22(16-7-3-1-4-8-16)26(14-20(27)24-19)21(28)15-25-11-5-2-6-12-25/h1,3-4,7-10,13,22H,2,5-6,11-12,14-15H2,(H,24,27)/t22-/m0/s1. The molecule has 0 aliphatic carbocycles. The number of hydrogen-bond donors (Lipinski definition) is 1. The van der Waals surface area contributed by atoms with Gasteiger partial charge in [-0.1, -0.05) is 52.7 Å². The summed E-state index contributed by atoms with van der Waals surface area (Å²) in [5, 5.41) is 2.97. The molecule has 2 aromatic carbocycles. The molecule has 2 heterocycles. The number of nitrogens with zero attached hydrogens (tertiary/aromatic N) is 2. The summed E-state index contributed by atoms with van der Waals surface area (Å²) in [6.07, 6.45) is 3.49. The molecule has 5 nitrogen and oxygen atoms in total. The van der Waals surface area contributed by atoms with Gasteiger partial charge in [0.1, 0.15) is 6.54 Å². The van der Waals surface area contributed by atoms with Crippen LogP contribution in [-0.2, 0) is 9.59 Å². The van der Waals surface area contributed by atoms with Gasteiger partial charge in [-0.2, -0.15) is 0 Å². The number of carbonyl (C=O) groups excluding carboxylic acids is 2. The minimum atomic E-state index is -0.301. The second kappa shape index (κ2) is 8.45. The van der Waals surface area contributed by atoms with Crippen molar-refractivity contribution in [3.8, 4) is 0 Å². The highest BCUT2D eigenvalue weighted by Gasteiger charge is 2.34. The van der Waals surface area contributed by atoms with E-state index in [0.717, 1.165) is 47.2 Å². The van der Waals surface area contributed by atoms with Crippen LogP contribution in [-0.4, -0.2) is 47.8 Å². The van der Waals surface area contributed by atoms with Crippen molar-refractivity contribution < 1.29 is 9.59 Å². The summed E-state index contributed by atoms with van der Waals surface area (Å²) in [5.41, 5.74) is 2.69. The van der Waals surface area contributed by atoms with Crippen LogP contribution < -0.4 is 5.32 Å². The van der Waals surface area contributed by atoms with Crippen LogP contribution in [0.1, 0.15) is 36.4 Å². The first-order valence-corrected chi connectivity index (χ1v) is 10.6. The fourth-order valence-corrected chi connectivity index (χ4v) is 4.48. The molecule has 0 unspecified atom stereocenters. The molecule has 1 fully saturated rings. The molecule has 0 radical (unpaired) electrons. The van der Waals surface area contributed by atoms with Gasteiger partial charge in [-0.3, -0.25) is 14.5 Å². The maximum Gasteiger partial charge on any atom is 0.244 e. The number of nitrogens with one attached hydrogen (secondary N) is 1. The summed E-state index contributed by atoms with van der Waals surface area (Å²) in [7, 11) is 0. The summed E-state index contributed by atoms with van der Waals surface area (Å²) in [4.78, 5) is 29.9. The van der Waals surface area contributed by atoms with Gasteiger partial charge in [0.25, 0.3) is 0 Å². The summed E-state index contributed by atoms with van der Waals surface area (Å²) in [6.45, 7) is 2.31. The van der Waals surface area contributed by atoms with Crippen molar-refractivity contribution in [1.29, 1.82) is 0 Å². The number of halogens is 1. The molecule has 0 saturated carbocycles. The normalized spacial score (nSPS) is 20.2. The number of piperidine rings is 1. The van der Waals surface area contributed by atoms with Crippen molar-refractivity contribution in [1.82, 2.24) is 9.80 Å². The third kappa shape index (κ3) is 4.13. The molecule has 1 N–H and O–H groups in total. The zero-order valence-corrected chi connectivity index (χ0v) is 17.3. The smallest absolute Gasteiger partial charge is 0.244 e. The second-order valence-electron chi connectivity index (χ2n) is 7.45. The first kappa shape index (κ1) is 19.2. The Kier molecular flexibility index (Phi) is 5.78. The van der Waals surface area contributed by atoms with Crippen LogP contribution in [0.25, 0.3) is 0 Å². The van der Waals surface area contributed by atoms with Crippen molar-refractivity contribution in [3.63, 3.8) is 0 Å². The quantitative estimate of drug-likeness (QED) is 0.787. The zero-order valence-electron chi connectivity index (χ0n) is 15.7. The van der Waals surface area contributed by atoms with Crippen LogP contribution in [0.2, 0.25) is 0 Å². The molecule has 2 aromatic rings. The number of fused-ring (bicyclic) bond motifs is 1. The van der Waals surface area contributed by atoms with Crippen LogP contribution in [0.3, 0.4) is 0 Å². The number of amides is 2. The van der Waals surface area contributed by atoms with E-state index in [-0.39, 0.29) is 24.4 Å². The van der Waals surface area contributed by atoms with Crippen molar-refractivity contribution in [3.05, 3.63) is 64.1 Å². The average Bonchev–Trinajstić information content (AvgIpc) is 2.85. The van der Waals surface area contributed by atoms with Crippen molar-refractivity contribution in [2.45, 2.75) is 25.3 Å².